The second-order valence-corrected chi connectivity index (χ2v) is 8.23. The second-order valence-electron chi connectivity index (χ2n) is 8.23. The van der Waals surface area contributed by atoms with Crippen molar-refractivity contribution in [3.8, 4) is 0 Å². The van der Waals surface area contributed by atoms with E-state index in [9.17, 15) is 4.79 Å². The normalized spacial score (nSPS) is 15.8. The molecule has 1 heterocycles. The van der Waals surface area contributed by atoms with Gasteiger partial charge in [0.2, 0.25) is 5.91 Å². The molecule has 0 spiro atoms. The summed E-state index contributed by atoms with van der Waals surface area (Å²) in [6.45, 7) is 7.22. The molecule has 0 N–H and O–H groups in total. The van der Waals surface area contributed by atoms with Crippen molar-refractivity contribution in [1.29, 1.82) is 0 Å². The van der Waals surface area contributed by atoms with E-state index < -0.39 is 0 Å². The first kappa shape index (κ1) is 19.4. The Morgan fingerprint density at radius 3 is 2.31 bits per heavy atom. The van der Waals surface area contributed by atoms with Crippen LogP contribution in [0.1, 0.15) is 51.4 Å². The zero-order valence-electron chi connectivity index (χ0n) is 17.6. The molecule has 148 valence electrons. The van der Waals surface area contributed by atoms with Gasteiger partial charge in [-0.15, -0.1) is 0 Å². The van der Waals surface area contributed by atoms with E-state index in [1.165, 1.54) is 38.9 Å². The number of carbonyl (C=O) groups is 1. The monoisotopic (exact) mass is 383 g/mol. The van der Waals surface area contributed by atoms with Crippen LogP contribution >= 0.6 is 0 Å². The highest BCUT2D eigenvalue weighted by Gasteiger charge is 2.31. The zero-order chi connectivity index (χ0) is 20.4. The van der Waals surface area contributed by atoms with Gasteiger partial charge in [0.25, 0.3) is 0 Å². The minimum atomic E-state index is 0.00821. The van der Waals surface area contributed by atoms with Gasteiger partial charge in [0.05, 0.1) is 6.04 Å². The Hall–Kier alpha value is -2.87. The maximum atomic E-state index is 13.4. The predicted octanol–water partition coefficient (Wildman–Crippen LogP) is 5.72. The Morgan fingerprint density at radius 1 is 0.931 bits per heavy atom. The molecule has 0 aromatic heterocycles. The predicted molar refractivity (Wildman–Crippen MR) is 119 cm³/mol. The van der Waals surface area contributed by atoms with Crippen molar-refractivity contribution in [3.63, 3.8) is 0 Å². The van der Waals surface area contributed by atoms with Crippen molar-refractivity contribution in [2.45, 2.75) is 46.1 Å². The highest BCUT2D eigenvalue weighted by molar-refractivity contribution is 5.78. The van der Waals surface area contributed by atoms with Gasteiger partial charge >= 0.3 is 0 Å². The number of nitrogens with zero attached hydrogens (tertiary/aromatic N) is 1. The van der Waals surface area contributed by atoms with Gasteiger partial charge in [0.1, 0.15) is 0 Å². The molecular weight excluding hydrogens is 354 g/mol. The van der Waals surface area contributed by atoms with Gasteiger partial charge < -0.3 is 4.90 Å². The highest BCUT2D eigenvalue weighted by atomic mass is 16.2. The summed E-state index contributed by atoms with van der Waals surface area (Å²) >= 11 is 0. The molecule has 1 aliphatic heterocycles. The van der Waals surface area contributed by atoms with Crippen LogP contribution in [-0.4, -0.2) is 17.4 Å². The summed E-state index contributed by atoms with van der Waals surface area (Å²) in [5.74, 6) is 0.243. The van der Waals surface area contributed by atoms with Crippen LogP contribution in [0.25, 0.3) is 0 Å². The van der Waals surface area contributed by atoms with Gasteiger partial charge in [0.15, 0.2) is 0 Å². The molecule has 2 nitrogen and oxygen atoms in total. The smallest absolute Gasteiger partial charge is 0.223 e. The van der Waals surface area contributed by atoms with E-state index in [-0.39, 0.29) is 11.9 Å². The Morgan fingerprint density at radius 2 is 1.59 bits per heavy atom. The quantitative estimate of drug-likeness (QED) is 0.564. The Kier molecular flexibility index (Phi) is 5.53. The van der Waals surface area contributed by atoms with Crippen molar-refractivity contribution in [2.24, 2.45) is 0 Å². The molecule has 1 amide bonds. The number of amides is 1. The summed E-state index contributed by atoms with van der Waals surface area (Å²) in [5, 5.41) is 0. The van der Waals surface area contributed by atoms with E-state index in [2.05, 4.69) is 86.3 Å². The van der Waals surface area contributed by atoms with Crippen LogP contribution in [-0.2, 0) is 17.6 Å². The molecule has 0 saturated carbocycles. The van der Waals surface area contributed by atoms with Crippen LogP contribution in [0.3, 0.4) is 0 Å². The standard InChI is InChI=1S/C27H29NO/c1-19-17-20(2)24(21(3)18-19)13-14-26(29)28-16-15-22-9-7-8-12-25(22)27(28)23-10-5-4-6-11-23/h4-12,17-18,27H,13-16H2,1-3H3/t27-/m0/s1. The molecule has 0 fully saturated rings. The highest BCUT2D eigenvalue weighted by Crippen LogP contribution is 2.35. The first-order chi connectivity index (χ1) is 14.0. The topological polar surface area (TPSA) is 20.3 Å². The second kappa shape index (κ2) is 8.24. The summed E-state index contributed by atoms with van der Waals surface area (Å²) in [5.41, 5.74) is 8.99. The lowest BCUT2D eigenvalue weighted by Crippen LogP contribution is -2.40. The van der Waals surface area contributed by atoms with E-state index in [4.69, 9.17) is 0 Å². The van der Waals surface area contributed by atoms with E-state index in [1.54, 1.807) is 0 Å². The summed E-state index contributed by atoms with van der Waals surface area (Å²) in [4.78, 5) is 15.5. The molecular formula is C27H29NO. The molecule has 1 aliphatic rings. The Balaban J connectivity index is 1.60. The van der Waals surface area contributed by atoms with Crippen molar-refractivity contribution < 1.29 is 4.79 Å². The first-order valence-corrected chi connectivity index (χ1v) is 10.5. The third kappa shape index (κ3) is 3.98. The maximum absolute atomic E-state index is 13.4. The molecule has 1 atom stereocenters. The summed E-state index contributed by atoms with van der Waals surface area (Å²) in [7, 11) is 0. The fraction of sp³-hybridized carbons (Fsp3) is 0.296. The number of carbonyl (C=O) groups excluding carboxylic acids is 1. The number of benzene rings is 3. The third-order valence-corrected chi connectivity index (χ3v) is 6.15. The van der Waals surface area contributed by atoms with Gasteiger partial charge in [-0.1, -0.05) is 72.3 Å². The Labute approximate surface area is 174 Å². The molecule has 0 radical (unpaired) electrons. The minimum absolute atomic E-state index is 0.00821. The molecule has 0 aliphatic carbocycles. The number of hydrogen-bond donors (Lipinski definition) is 0. The van der Waals surface area contributed by atoms with Crippen LogP contribution in [0.15, 0.2) is 66.7 Å². The Bertz CT molecular complexity index is 999. The summed E-state index contributed by atoms with van der Waals surface area (Å²) < 4.78 is 0. The molecule has 0 bridgehead atoms. The van der Waals surface area contributed by atoms with Crippen molar-refractivity contribution in [1.82, 2.24) is 4.90 Å². The van der Waals surface area contributed by atoms with Crippen LogP contribution < -0.4 is 0 Å². The first-order valence-electron chi connectivity index (χ1n) is 10.5. The third-order valence-electron chi connectivity index (χ3n) is 6.15. The fourth-order valence-corrected chi connectivity index (χ4v) is 4.81. The zero-order valence-corrected chi connectivity index (χ0v) is 17.6. The number of fused-ring (bicyclic) bond motifs is 1. The SMILES string of the molecule is Cc1cc(C)c(CCC(=O)N2CCc3ccccc3[C@@H]2c2ccccc2)c(C)c1. The molecule has 4 rings (SSSR count). The molecule has 2 heteroatoms. The van der Waals surface area contributed by atoms with Gasteiger partial charge in [-0.05, 0) is 67.0 Å². The number of rotatable bonds is 4. The van der Waals surface area contributed by atoms with Gasteiger partial charge in [-0.25, -0.2) is 0 Å². The number of hydrogen-bond acceptors (Lipinski definition) is 1. The molecule has 0 unspecified atom stereocenters. The van der Waals surface area contributed by atoms with E-state index in [0.717, 1.165) is 19.4 Å². The summed E-state index contributed by atoms with van der Waals surface area (Å²) in [6.07, 6.45) is 2.28. The molecule has 0 saturated heterocycles. The van der Waals surface area contributed by atoms with Gasteiger partial charge in [-0.3, -0.25) is 4.79 Å². The lowest BCUT2D eigenvalue weighted by molar-refractivity contribution is -0.133. The van der Waals surface area contributed by atoms with E-state index in [0.29, 0.717) is 6.42 Å². The van der Waals surface area contributed by atoms with E-state index >= 15 is 0 Å². The average molecular weight is 384 g/mol. The fourth-order valence-electron chi connectivity index (χ4n) is 4.81. The molecule has 3 aromatic carbocycles. The van der Waals surface area contributed by atoms with Gasteiger partial charge in [-0.2, -0.15) is 0 Å². The van der Waals surface area contributed by atoms with Crippen LogP contribution in [0.5, 0.6) is 0 Å². The van der Waals surface area contributed by atoms with Crippen LogP contribution in [0, 0.1) is 20.8 Å². The lowest BCUT2D eigenvalue weighted by atomic mass is 9.87. The van der Waals surface area contributed by atoms with Crippen LogP contribution in [0.2, 0.25) is 0 Å². The van der Waals surface area contributed by atoms with Crippen molar-refractivity contribution in [3.05, 3.63) is 106 Å². The van der Waals surface area contributed by atoms with Crippen molar-refractivity contribution >= 4 is 5.91 Å². The molecule has 29 heavy (non-hydrogen) atoms. The lowest BCUT2D eigenvalue weighted by Gasteiger charge is -2.38. The van der Waals surface area contributed by atoms with E-state index in [1.807, 2.05) is 6.07 Å². The van der Waals surface area contributed by atoms with Crippen molar-refractivity contribution in [2.75, 3.05) is 6.54 Å². The molecule has 3 aromatic rings. The summed E-state index contributed by atoms with van der Waals surface area (Å²) in [6, 6.07) is 23.5. The van der Waals surface area contributed by atoms with Crippen LogP contribution in [0.4, 0.5) is 0 Å². The average Bonchev–Trinajstić information content (AvgIpc) is 2.72. The maximum Gasteiger partial charge on any atom is 0.223 e. The number of aryl methyl sites for hydroxylation is 3. The van der Waals surface area contributed by atoms with Gasteiger partial charge in [0, 0.05) is 13.0 Å². The minimum Gasteiger partial charge on any atom is -0.331 e. The largest absolute Gasteiger partial charge is 0.331 e.